The lowest BCUT2D eigenvalue weighted by Crippen LogP contribution is -2.08. The first-order valence-corrected chi connectivity index (χ1v) is 4.80. The van der Waals surface area contributed by atoms with Gasteiger partial charge in [-0.15, -0.1) is 0 Å². The van der Waals surface area contributed by atoms with Gasteiger partial charge in [-0.2, -0.15) is 0 Å². The fraction of sp³-hybridized carbons (Fsp3) is 0.273. The maximum atomic E-state index is 10.7. The van der Waals surface area contributed by atoms with Crippen molar-refractivity contribution in [3.05, 3.63) is 39.9 Å². The highest BCUT2D eigenvalue weighted by Crippen LogP contribution is 2.21. The van der Waals surface area contributed by atoms with Gasteiger partial charge in [0.1, 0.15) is 12.6 Å². The van der Waals surface area contributed by atoms with Crippen molar-refractivity contribution in [2.45, 2.75) is 12.8 Å². The fourth-order valence-electron chi connectivity index (χ4n) is 1.45. The van der Waals surface area contributed by atoms with E-state index in [9.17, 15) is 19.7 Å². The van der Waals surface area contributed by atoms with Crippen LogP contribution in [0.2, 0.25) is 0 Å². The average molecular weight is 221 g/mol. The number of benzene rings is 1. The molecule has 0 aliphatic heterocycles. The molecule has 0 aromatic heterocycles. The Morgan fingerprint density at radius 3 is 2.56 bits per heavy atom. The molecule has 1 rings (SSSR count). The van der Waals surface area contributed by atoms with Gasteiger partial charge in [-0.1, -0.05) is 18.2 Å². The smallest absolute Gasteiger partial charge is 0.272 e. The van der Waals surface area contributed by atoms with Crippen LogP contribution in [0.5, 0.6) is 0 Å². The standard InChI is InChI=1S/C11H11NO4/c13-6-5-9(8-14)7-10-3-1-2-4-11(10)12(15)16/h1-4,6,8-9H,5,7H2. The van der Waals surface area contributed by atoms with Crippen molar-refractivity contribution in [1.29, 1.82) is 0 Å². The van der Waals surface area contributed by atoms with E-state index in [2.05, 4.69) is 0 Å². The van der Waals surface area contributed by atoms with Gasteiger partial charge in [0, 0.05) is 24.0 Å². The molecule has 0 bridgehead atoms. The van der Waals surface area contributed by atoms with Gasteiger partial charge in [-0.3, -0.25) is 10.1 Å². The Kier molecular flexibility index (Phi) is 4.32. The number of rotatable bonds is 6. The first-order valence-electron chi connectivity index (χ1n) is 4.80. The van der Waals surface area contributed by atoms with E-state index < -0.39 is 10.8 Å². The molecule has 1 atom stereocenters. The van der Waals surface area contributed by atoms with Crippen LogP contribution in [0.15, 0.2) is 24.3 Å². The summed E-state index contributed by atoms with van der Waals surface area (Å²) in [6, 6.07) is 6.22. The second-order valence-electron chi connectivity index (χ2n) is 3.39. The predicted octanol–water partition coefficient (Wildman–Crippen LogP) is 1.54. The number of nitrogens with zero attached hydrogens (tertiary/aromatic N) is 1. The number of para-hydroxylation sites is 1. The second kappa shape index (κ2) is 5.75. The normalized spacial score (nSPS) is 11.8. The van der Waals surface area contributed by atoms with E-state index in [1.54, 1.807) is 18.2 Å². The minimum absolute atomic E-state index is 0.0137. The summed E-state index contributed by atoms with van der Waals surface area (Å²) < 4.78 is 0. The third kappa shape index (κ3) is 2.98. The van der Waals surface area contributed by atoms with Crippen LogP contribution in [0.1, 0.15) is 12.0 Å². The van der Waals surface area contributed by atoms with Crippen LogP contribution in [0.3, 0.4) is 0 Å². The van der Waals surface area contributed by atoms with Gasteiger partial charge in [-0.05, 0) is 6.42 Å². The van der Waals surface area contributed by atoms with E-state index in [1.807, 2.05) is 0 Å². The lowest BCUT2D eigenvalue weighted by atomic mass is 9.97. The number of nitro groups is 1. The summed E-state index contributed by atoms with van der Waals surface area (Å²) in [6.07, 6.45) is 1.62. The molecule has 5 nitrogen and oxygen atoms in total. The summed E-state index contributed by atoms with van der Waals surface area (Å²) in [5.74, 6) is -0.487. The number of carbonyl (C=O) groups excluding carboxylic acids is 2. The first-order chi connectivity index (χ1) is 7.69. The minimum atomic E-state index is -0.488. The zero-order valence-corrected chi connectivity index (χ0v) is 8.54. The topological polar surface area (TPSA) is 77.3 Å². The Morgan fingerprint density at radius 1 is 1.31 bits per heavy atom. The number of aldehydes is 2. The molecule has 0 N–H and O–H groups in total. The third-order valence-electron chi connectivity index (χ3n) is 2.26. The van der Waals surface area contributed by atoms with Crippen molar-refractivity contribution >= 4 is 18.3 Å². The Morgan fingerprint density at radius 2 is 2.00 bits per heavy atom. The second-order valence-corrected chi connectivity index (χ2v) is 3.39. The molecule has 0 heterocycles. The van der Waals surface area contributed by atoms with Crippen LogP contribution in [0.4, 0.5) is 5.69 Å². The molecule has 0 saturated heterocycles. The van der Waals surface area contributed by atoms with E-state index in [-0.39, 0.29) is 18.5 Å². The van der Waals surface area contributed by atoms with Gasteiger partial charge in [-0.25, -0.2) is 0 Å². The van der Waals surface area contributed by atoms with Crippen molar-refractivity contribution in [3.63, 3.8) is 0 Å². The Bertz CT molecular complexity index is 403. The van der Waals surface area contributed by atoms with Crippen LogP contribution in [-0.4, -0.2) is 17.5 Å². The third-order valence-corrected chi connectivity index (χ3v) is 2.26. The summed E-state index contributed by atoms with van der Waals surface area (Å²) in [7, 11) is 0. The summed E-state index contributed by atoms with van der Waals surface area (Å²) in [5.41, 5.74) is 0.465. The van der Waals surface area contributed by atoms with Gasteiger partial charge >= 0.3 is 0 Å². The Labute approximate surface area is 92.2 Å². The lowest BCUT2D eigenvalue weighted by Gasteiger charge is -2.06. The Balaban J connectivity index is 2.90. The maximum absolute atomic E-state index is 10.7. The predicted molar refractivity (Wildman–Crippen MR) is 57.0 cm³/mol. The van der Waals surface area contributed by atoms with Crippen LogP contribution in [-0.2, 0) is 16.0 Å². The molecule has 0 radical (unpaired) electrons. The number of hydrogen-bond donors (Lipinski definition) is 0. The molecule has 1 aromatic carbocycles. The van der Waals surface area contributed by atoms with E-state index in [0.29, 0.717) is 18.1 Å². The number of carbonyl (C=O) groups is 2. The van der Waals surface area contributed by atoms with Gasteiger partial charge in [0.25, 0.3) is 5.69 Å². The fourth-order valence-corrected chi connectivity index (χ4v) is 1.45. The summed E-state index contributed by atoms with van der Waals surface area (Å²) in [6.45, 7) is 0. The molecule has 0 spiro atoms. The van der Waals surface area contributed by atoms with E-state index in [0.717, 1.165) is 0 Å². The highest BCUT2D eigenvalue weighted by atomic mass is 16.6. The van der Waals surface area contributed by atoms with Crippen molar-refractivity contribution in [1.82, 2.24) is 0 Å². The number of hydrogen-bond acceptors (Lipinski definition) is 4. The molecule has 0 aliphatic carbocycles. The Hall–Kier alpha value is -2.04. The van der Waals surface area contributed by atoms with Crippen LogP contribution in [0.25, 0.3) is 0 Å². The van der Waals surface area contributed by atoms with Crippen LogP contribution < -0.4 is 0 Å². The van der Waals surface area contributed by atoms with Gasteiger partial charge in [0.2, 0.25) is 0 Å². The molecule has 84 valence electrons. The largest absolute Gasteiger partial charge is 0.303 e. The van der Waals surface area contributed by atoms with Crippen LogP contribution >= 0.6 is 0 Å². The quantitative estimate of drug-likeness (QED) is 0.414. The lowest BCUT2D eigenvalue weighted by molar-refractivity contribution is -0.385. The van der Waals surface area contributed by atoms with Gasteiger partial charge < -0.3 is 9.59 Å². The summed E-state index contributed by atoms with van der Waals surface area (Å²) in [5, 5.41) is 10.7. The highest BCUT2D eigenvalue weighted by Gasteiger charge is 2.16. The molecule has 0 fully saturated rings. The van der Waals surface area contributed by atoms with Crippen molar-refractivity contribution < 1.29 is 14.5 Å². The van der Waals surface area contributed by atoms with E-state index in [1.165, 1.54) is 6.07 Å². The van der Waals surface area contributed by atoms with Gasteiger partial charge in [0.15, 0.2) is 0 Å². The average Bonchev–Trinajstić information content (AvgIpc) is 2.29. The zero-order chi connectivity index (χ0) is 12.0. The van der Waals surface area contributed by atoms with Crippen molar-refractivity contribution in [3.8, 4) is 0 Å². The van der Waals surface area contributed by atoms with E-state index >= 15 is 0 Å². The maximum Gasteiger partial charge on any atom is 0.272 e. The molecule has 16 heavy (non-hydrogen) atoms. The zero-order valence-electron chi connectivity index (χ0n) is 8.54. The molecular weight excluding hydrogens is 210 g/mol. The molecule has 0 amide bonds. The minimum Gasteiger partial charge on any atom is -0.303 e. The molecule has 1 aromatic rings. The molecular formula is C11H11NO4. The van der Waals surface area contributed by atoms with E-state index in [4.69, 9.17) is 0 Å². The highest BCUT2D eigenvalue weighted by molar-refractivity contribution is 5.63. The van der Waals surface area contributed by atoms with Gasteiger partial charge in [0.05, 0.1) is 4.92 Å². The SMILES string of the molecule is O=CCC(C=O)Cc1ccccc1[N+](=O)[O-]. The summed E-state index contributed by atoms with van der Waals surface area (Å²) in [4.78, 5) is 31.2. The molecule has 1 unspecified atom stereocenters. The molecule has 0 saturated carbocycles. The van der Waals surface area contributed by atoms with Crippen molar-refractivity contribution in [2.75, 3.05) is 0 Å². The first kappa shape index (κ1) is 12.0. The molecule has 0 aliphatic rings. The summed E-state index contributed by atoms with van der Waals surface area (Å²) >= 11 is 0. The number of nitro benzene ring substituents is 1. The van der Waals surface area contributed by atoms with Crippen molar-refractivity contribution in [2.24, 2.45) is 5.92 Å². The molecule has 5 heteroatoms. The monoisotopic (exact) mass is 221 g/mol. The van der Waals surface area contributed by atoms with Crippen LogP contribution in [0, 0.1) is 16.0 Å².